The maximum absolute atomic E-state index is 14.1. The second-order valence-corrected chi connectivity index (χ2v) is 6.49. The van der Waals surface area contributed by atoms with Crippen molar-refractivity contribution in [1.82, 2.24) is 10.2 Å². The van der Waals surface area contributed by atoms with E-state index in [2.05, 4.69) is 32.2 Å². The van der Waals surface area contributed by atoms with Gasteiger partial charge in [0.15, 0.2) is 5.96 Å². The van der Waals surface area contributed by atoms with E-state index in [-0.39, 0.29) is 5.82 Å². The van der Waals surface area contributed by atoms with Crippen LogP contribution in [0.15, 0.2) is 47.5 Å². The molecule has 1 heterocycles. The van der Waals surface area contributed by atoms with Gasteiger partial charge in [0.1, 0.15) is 11.6 Å². The van der Waals surface area contributed by atoms with Gasteiger partial charge in [0.05, 0.1) is 18.7 Å². The van der Waals surface area contributed by atoms with Crippen molar-refractivity contribution in [2.75, 3.05) is 45.2 Å². The molecule has 0 atom stereocenters. The number of halogens is 1. The van der Waals surface area contributed by atoms with Crippen molar-refractivity contribution in [3.8, 4) is 11.8 Å². The lowest BCUT2D eigenvalue weighted by Gasteiger charge is -2.37. The fraction of sp³-hybridized carbons (Fsp3) is 0.333. The highest BCUT2D eigenvalue weighted by atomic mass is 19.1. The number of methoxy groups -OCH3 is 1. The van der Waals surface area contributed by atoms with Crippen molar-refractivity contribution in [1.29, 1.82) is 5.26 Å². The molecular weight excluding hydrogens is 357 g/mol. The van der Waals surface area contributed by atoms with E-state index >= 15 is 0 Å². The number of anilines is 1. The van der Waals surface area contributed by atoms with E-state index in [4.69, 9.17) is 10.00 Å². The van der Waals surface area contributed by atoms with Gasteiger partial charge in [-0.05, 0) is 36.4 Å². The molecule has 0 saturated carbocycles. The van der Waals surface area contributed by atoms with Gasteiger partial charge in [-0.15, -0.1) is 0 Å². The number of ether oxygens (including phenoxy) is 1. The molecule has 0 aliphatic carbocycles. The summed E-state index contributed by atoms with van der Waals surface area (Å²) < 4.78 is 19.3. The van der Waals surface area contributed by atoms with Crippen LogP contribution in [0.1, 0.15) is 11.1 Å². The Morgan fingerprint density at radius 3 is 2.46 bits per heavy atom. The third kappa shape index (κ3) is 4.52. The molecule has 0 radical (unpaired) electrons. The van der Waals surface area contributed by atoms with Gasteiger partial charge >= 0.3 is 0 Å². The number of nitrogens with zero attached hydrogens (tertiary/aromatic N) is 4. The van der Waals surface area contributed by atoms with Crippen LogP contribution in [-0.2, 0) is 6.54 Å². The Balaban J connectivity index is 1.55. The minimum absolute atomic E-state index is 0.320. The zero-order chi connectivity index (χ0) is 19.9. The predicted octanol–water partition coefficient (Wildman–Crippen LogP) is 2.60. The smallest absolute Gasteiger partial charge is 0.194 e. The predicted molar refractivity (Wildman–Crippen MR) is 108 cm³/mol. The Bertz CT molecular complexity index is 867. The lowest BCUT2D eigenvalue weighted by Crippen LogP contribution is -2.52. The van der Waals surface area contributed by atoms with Crippen LogP contribution in [-0.4, -0.2) is 51.2 Å². The second-order valence-electron chi connectivity index (χ2n) is 6.49. The normalized spacial score (nSPS) is 14.6. The van der Waals surface area contributed by atoms with Gasteiger partial charge < -0.3 is 19.9 Å². The highest BCUT2D eigenvalue weighted by Crippen LogP contribution is 2.20. The largest absolute Gasteiger partial charge is 0.497 e. The first kappa shape index (κ1) is 19.5. The van der Waals surface area contributed by atoms with E-state index in [0.29, 0.717) is 17.7 Å². The molecule has 0 amide bonds. The second kappa shape index (κ2) is 9.09. The van der Waals surface area contributed by atoms with Gasteiger partial charge in [0.2, 0.25) is 0 Å². The maximum Gasteiger partial charge on any atom is 0.194 e. The van der Waals surface area contributed by atoms with Crippen molar-refractivity contribution in [2.45, 2.75) is 6.54 Å². The van der Waals surface area contributed by atoms with E-state index in [1.807, 2.05) is 18.2 Å². The summed E-state index contributed by atoms with van der Waals surface area (Å²) >= 11 is 0. The van der Waals surface area contributed by atoms with Gasteiger partial charge in [0, 0.05) is 51.0 Å². The molecule has 1 aliphatic rings. The maximum atomic E-state index is 14.1. The third-order valence-electron chi connectivity index (χ3n) is 4.85. The molecular formula is C21H24FN5O. The minimum atomic E-state index is -0.383. The van der Waals surface area contributed by atoms with Gasteiger partial charge in [-0.1, -0.05) is 6.07 Å². The van der Waals surface area contributed by atoms with Crippen molar-refractivity contribution in [3.63, 3.8) is 0 Å². The summed E-state index contributed by atoms with van der Waals surface area (Å²) in [6.45, 7) is 3.71. The molecule has 28 heavy (non-hydrogen) atoms. The van der Waals surface area contributed by atoms with Crippen LogP contribution in [0, 0.1) is 17.1 Å². The van der Waals surface area contributed by atoms with E-state index in [1.165, 1.54) is 11.8 Å². The number of aliphatic imine (C=N–C) groups is 1. The summed E-state index contributed by atoms with van der Waals surface area (Å²) in [6.07, 6.45) is 0. The van der Waals surface area contributed by atoms with Crippen LogP contribution in [0.4, 0.5) is 10.1 Å². The van der Waals surface area contributed by atoms with Crippen LogP contribution >= 0.6 is 0 Å². The number of hydrogen-bond acceptors (Lipinski definition) is 4. The molecule has 1 aliphatic heterocycles. The Morgan fingerprint density at radius 1 is 1.18 bits per heavy atom. The third-order valence-corrected chi connectivity index (χ3v) is 4.85. The first-order chi connectivity index (χ1) is 13.6. The highest BCUT2D eigenvalue weighted by Gasteiger charge is 2.20. The van der Waals surface area contributed by atoms with Crippen molar-refractivity contribution in [2.24, 2.45) is 4.99 Å². The lowest BCUT2D eigenvalue weighted by atomic mass is 10.1. The SMILES string of the molecule is CN=C(NCc1ccc(C#N)cc1F)N1CCN(c2ccc(OC)cc2)CC1. The topological polar surface area (TPSA) is 63.9 Å². The molecule has 0 unspecified atom stereocenters. The molecule has 6 nitrogen and oxygen atoms in total. The van der Waals surface area contributed by atoms with Gasteiger partial charge in [0.25, 0.3) is 0 Å². The number of benzene rings is 2. The molecule has 2 aromatic carbocycles. The first-order valence-electron chi connectivity index (χ1n) is 9.17. The molecule has 0 spiro atoms. The number of guanidine groups is 1. The Labute approximate surface area is 164 Å². The standard InChI is InChI=1S/C21H24FN5O/c1-24-21(25-15-17-4-3-16(14-23)13-20(17)22)27-11-9-26(10-12-27)18-5-7-19(28-2)8-6-18/h3-8,13H,9-12,15H2,1-2H3,(H,24,25). The van der Waals surface area contributed by atoms with Crippen molar-refractivity contribution < 1.29 is 9.13 Å². The Kier molecular flexibility index (Phi) is 6.33. The van der Waals surface area contributed by atoms with Crippen molar-refractivity contribution in [3.05, 3.63) is 59.4 Å². The first-order valence-corrected chi connectivity index (χ1v) is 9.17. The molecule has 146 valence electrons. The number of nitriles is 1. The molecule has 1 saturated heterocycles. The van der Waals surface area contributed by atoms with Crippen LogP contribution in [0.5, 0.6) is 5.75 Å². The fourth-order valence-electron chi connectivity index (χ4n) is 3.24. The summed E-state index contributed by atoms with van der Waals surface area (Å²) in [7, 11) is 3.39. The zero-order valence-corrected chi connectivity index (χ0v) is 16.2. The molecule has 1 fully saturated rings. The Hall–Kier alpha value is -3.27. The molecule has 0 aromatic heterocycles. The fourth-order valence-corrected chi connectivity index (χ4v) is 3.24. The number of rotatable bonds is 4. The van der Waals surface area contributed by atoms with Gasteiger partial charge in [-0.25, -0.2) is 4.39 Å². The average molecular weight is 381 g/mol. The zero-order valence-electron chi connectivity index (χ0n) is 16.2. The average Bonchev–Trinajstić information content (AvgIpc) is 2.75. The molecule has 2 aromatic rings. The van der Waals surface area contributed by atoms with E-state index in [0.717, 1.165) is 37.9 Å². The van der Waals surface area contributed by atoms with Crippen LogP contribution in [0.2, 0.25) is 0 Å². The van der Waals surface area contributed by atoms with Crippen LogP contribution in [0.25, 0.3) is 0 Å². The highest BCUT2D eigenvalue weighted by molar-refractivity contribution is 5.80. The van der Waals surface area contributed by atoms with Gasteiger partial charge in [-0.3, -0.25) is 4.99 Å². The summed E-state index contributed by atoms with van der Waals surface area (Å²) in [6, 6.07) is 14.5. The monoisotopic (exact) mass is 381 g/mol. The van der Waals surface area contributed by atoms with E-state index in [1.54, 1.807) is 26.3 Å². The molecule has 0 bridgehead atoms. The summed E-state index contributed by atoms with van der Waals surface area (Å²) in [5.74, 6) is 1.21. The molecule has 3 rings (SSSR count). The van der Waals surface area contributed by atoms with E-state index < -0.39 is 0 Å². The minimum Gasteiger partial charge on any atom is -0.497 e. The Morgan fingerprint density at radius 2 is 1.89 bits per heavy atom. The molecule has 7 heteroatoms. The summed E-state index contributed by atoms with van der Waals surface area (Å²) in [5, 5.41) is 12.1. The lowest BCUT2D eigenvalue weighted by molar-refractivity contribution is 0.372. The molecule has 1 N–H and O–H groups in total. The van der Waals surface area contributed by atoms with Crippen molar-refractivity contribution >= 4 is 11.6 Å². The van der Waals surface area contributed by atoms with Crippen LogP contribution in [0.3, 0.4) is 0 Å². The number of piperazine rings is 1. The quantitative estimate of drug-likeness (QED) is 0.652. The van der Waals surface area contributed by atoms with E-state index in [9.17, 15) is 4.39 Å². The van der Waals surface area contributed by atoms with Crippen LogP contribution < -0.4 is 15.0 Å². The summed E-state index contributed by atoms with van der Waals surface area (Å²) in [5.41, 5.74) is 2.00. The number of hydrogen-bond donors (Lipinski definition) is 1. The van der Waals surface area contributed by atoms with Gasteiger partial charge in [-0.2, -0.15) is 5.26 Å². The summed E-state index contributed by atoms with van der Waals surface area (Å²) in [4.78, 5) is 8.82. The number of nitrogens with one attached hydrogen (secondary N) is 1.